The van der Waals surface area contributed by atoms with Crippen LogP contribution in [0.4, 0.5) is 10.6 Å². The Morgan fingerprint density at radius 3 is 2.33 bits per heavy atom. The van der Waals surface area contributed by atoms with Crippen molar-refractivity contribution < 1.29 is 65.5 Å². The van der Waals surface area contributed by atoms with Gasteiger partial charge in [0.25, 0.3) is 0 Å². The number of anilines is 1. The van der Waals surface area contributed by atoms with Gasteiger partial charge in [-0.25, -0.2) is 33.1 Å². The topological polar surface area (TPSA) is 324 Å². The van der Waals surface area contributed by atoms with E-state index in [2.05, 4.69) is 54.8 Å². The summed E-state index contributed by atoms with van der Waals surface area (Å²) in [5.74, 6) is 1.51. The van der Waals surface area contributed by atoms with Gasteiger partial charge in [-0.2, -0.15) is 25.5 Å². The van der Waals surface area contributed by atoms with Crippen LogP contribution in [0.15, 0.2) is 12.5 Å². The average Bonchev–Trinajstić information content (AvgIpc) is 3.92. The number of unbranched alkanes of at least 4 members (excludes halogenated alkanes) is 4. The molecule has 5 heterocycles. The number of phosphoric ester groups is 1. The normalized spacial score (nSPS) is 24.0. The van der Waals surface area contributed by atoms with Crippen molar-refractivity contribution >= 4 is 69.9 Å². The predicted octanol–water partition coefficient (Wildman–Crippen LogP) is 2.56. The Bertz CT molecular complexity index is 1840. The van der Waals surface area contributed by atoms with Crippen molar-refractivity contribution in [3.05, 3.63) is 12.5 Å². The van der Waals surface area contributed by atoms with Crippen LogP contribution in [-0.2, 0) is 41.2 Å². The summed E-state index contributed by atoms with van der Waals surface area (Å²) >= 11 is 1.88. The quantitative estimate of drug-likeness (QED) is 0.0393. The van der Waals surface area contributed by atoms with Crippen LogP contribution < -0.4 is 26.6 Å². The maximum absolute atomic E-state index is 12.3. The molecule has 0 bridgehead atoms. The van der Waals surface area contributed by atoms with Crippen molar-refractivity contribution in [2.45, 2.75) is 107 Å². The monoisotopic (exact) mass is 885 g/mol. The number of rotatable bonds is 25. The number of aromatic nitrogens is 4. The minimum absolute atomic E-state index is 0.0120. The average molecular weight is 886 g/mol. The fourth-order valence-electron chi connectivity index (χ4n) is 6.63. The SMILES string of the molecule is O=C(CCCCCNC(=O)CCCCC1SC[C@@H]2NC(=O)N[C@H]12)NCCCCNc1ncnc2c1cnn2[C@@H]1CC[C@@H](COP(=O)(O)OP(=O)(O)OP(=O)(O)O)O1. The third kappa shape index (κ3) is 14.8. The highest BCUT2D eigenvalue weighted by atomic mass is 32.2. The number of ether oxygens (including phenoxy) is 1. The molecule has 9 N–H and O–H groups in total. The Morgan fingerprint density at radius 1 is 0.895 bits per heavy atom. The summed E-state index contributed by atoms with van der Waals surface area (Å²) in [6.07, 6.45) is 9.81. The van der Waals surface area contributed by atoms with Gasteiger partial charge in [-0.1, -0.05) is 12.8 Å². The number of phosphoric acid groups is 3. The lowest BCUT2D eigenvalue weighted by molar-refractivity contribution is -0.122. The van der Waals surface area contributed by atoms with E-state index in [9.17, 15) is 37.9 Å². The number of nitrogens with zero attached hydrogens (tertiary/aromatic N) is 4. The summed E-state index contributed by atoms with van der Waals surface area (Å²) < 4.78 is 53.8. The molecular formula is C30H50N9O14P3S. The number of hydrogen-bond acceptors (Lipinski definition) is 15. The summed E-state index contributed by atoms with van der Waals surface area (Å²) in [6.45, 7) is 1.13. The molecule has 4 amide bonds. The van der Waals surface area contributed by atoms with Crippen LogP contribution >= 0.6 is 35.2 Å². The van der Waals surface area contributed by atoms with E-state index in [1.165, 1.54) is 11.0 Å². The standard InChI is InChI=1S/C30H50N9O14P3S/c40-24(9-2-1-5-13-31-25(41)10-4-3-8-23-27-22(18-57-23)37-30(42)38-27)32-14-6-7-15-33-28-21-16-36-39(29(21)35-19-34-28)26-12-11-20(51-26)17-50-55(46,47)53-56(48,49)52-54(43,44)45/h16,19-20,22-23,26-27H,1-15,17-18H2,(H,31,41)(H,32,40)(H,46,47)(H,48,49)(H,33,34,35)(H2,37,38,42)(H2,43,44,45)/t20-,22-,23?,26-,27-/m0/s1. The number of carbonyl (C=O) groups excluding carboxylic acids is 3. The molecule has 3 aliphatic rings. The summed E-state index contributed by atoms with van der Waals surface area (Å²) in [6, 6.07) is 0.325. The van der Waals surface area contributed by atoms with Crippen molar-refractivity contribution in [2.75, 3.05) is 37.3 Å². The largest absolute Gasteiger partial charge is 0.490 e. The summed E-state index contributed by atoms with van der Waals surface area (Å²) in [5.41, 5.74) is 0.462. The molecule has 57 heavy (non-hydrogen) atoms. The van der Waals surface area contributed by atoms with E-state index in [1.54, 1.807) is 6.20 Å². The molecule has 3 fully saturated rings. The third-order valence-corrected chi connectivity index (χ3v) is 14.6. The minimum Gasteiger partial charge on any atom is -0.369 e. The van der Waals surface area contributed by atoms with Gasteiger partial charge < -0.3 is 50.9 Å². The molecule has 5 rings (SSSR count). The van der Waals surface area contributed by atoms with Gasteiger partial charge in [0, 0.05) is 43.5 Å². The number of nitrogens with one attached hydrogen (secondary N) is 5. The number of amides is 4. The Hall–Kier alpha value is -2.72. The van der Waals surface area contributed by atoms with Crippen molar-refractivity contribution in [1.29, 1.82) is 0 Å². The van der Waals surface area contributed by atoms with E-state index in [0.717, 1.165) is 57.1 Å². The molecule has 0 saturated carbocycles. The molecule has 320 valence electrons. The molecule has 0 aliphatic carbocycles. The van der Waals surface area contributed by atoms with Crippen LogP contribution in [-0.4, -0.2) is 113 Å². The fourth-order valence-corrected chi connectivity index (χ4v) is 11.2. The molecule has 27 heteroatoms. The van der Waals surface area contributed by atoms with Gasteiger partial charge in [0.1, 0.15) is 12.1 Å². The molecule has 7 atom stereocenters. The fraction of sp³-hybridized carbons (Fsp3) is 0.733. The molecule has 2 aromatic heterocycles. The van der Waals surface area contributed by atoms with E-state index in [0.29, 0.717) is 67.4 Å². The van der Waals surface area contributed by atoms with Crippen molar-refractivity contribution in [1.82, 2.24) is 41.0 Å². The van der Waals surface area contributed by atoms with Crippen LogP contribution in [0.5, 0.6) is 0 Å². The highest BCUT2D eigenvalue weighted by Gasteiger charge is 2.43. The number of urea groups is 1. The Kier molecular flexibility index (Phi) is 16.7. The first-order valence-corrected chi connectivity index (χ1v) is 24.2. The molecule has 23 nitrogen and oxygen atoms in total. The molecule has 3 unspecified atom stereocenters. The maximum Gasteiger partial charge on any atom is 0.490 e. The second kappa shape index (κ2) is 21.0. The summed E-state index contributed by atoms with van der Waals surface area (Å²) in [4.78, 5) is 80.9. The lowest BCUT2D eigenvalue weighted by Gasteiger charge is -2.18. The maximum atomic E-state index is 12.3. The van der Waals surface area contributed by atoms with Crippen LogP contribution in [0.1, 0.15) is 83.3 Å². The van der Waals surface area contributed by atoms with Crippen molar-refractivity contribution in [3.63, 3.8) is 0 Å². The molecule has 3 saturated heterocycles. The third-order valence-electron chi connectivity index (χ3n) is 9.29. The highest BCUT2D eigenvalue weighted by Crippen LogP contribution is 2.66. The van der Waals surface area contributed by atoms with Crippen molar-refractivity contribution in [2.24, 2.45) is 0 Å². The Morgan fingerprint density at radius 2 is 1.60 bits per heavy atom. The zero-order valence-electron chi connectivity index (χ0n) is 31.0. The van der Waals surface area contributed by atoms with Gasteiger partial charge in [-0.15, -0.1) is 0 Å². The van der Waals surface area contributed by atoms with Crippen LogP contribution in [0.3, 0.4) is 0 Å². The lowest BCUT2D eigenvalue weighted by Crippen LogP contribution is -2.36. The van der Waals surface area contributed by atoms with Gasteiger partial charge in [-0.3, -0.25) is 14.1 Å². The summed E-state index contributed by atoms with van der Waals surface area (Å²) in [7, 11) is -16.4. The van der Waals surface area contributed by atoms with Crippen LogP contribution in [0.25, 0.3) is 11.0 Å². The first kappa shape index (κ1) is 45.4. The molecule has 2 aromatic rings. The first-order chi connectivity index (χ1) is 27.1. The minimum atomic E-state index is -5.62. The molecule has 0 radical (unpaired) electrons. The van der Waals surface area contributed by atoms with E-state index >= 15 is 0 Å². The summed E-state index contributed by atoms with van der Waals surface area (Å²) in [5, 5.41) is 20.5. The highest BCUT2D eigenvalue weighted by molar-refractivity contribution is 8.00. The first-order valence-electron chi connectivity index (χ1n) is 18.7. The van der Waals surface area contributed by atoms with Gasteiger partial charge in [0.05, 0.1) is 36.4 Å². The Labute approximate surface area is 332 Å². The smallest absolute Gasteiger partial charge is 0.369 e. The van der Waals surface area contributed by atoms with E-state index in [4.69, 9.17) is 14.5 Å². The number of fused-ring (bicyclic) bond motifs is 2. The van der Waals surface area contributed by atoms with E-state index in [1.807, 2.05) is 11.8 Å². The van der Waals surface area contributed by atoms with Crippen LogP contribution in [0, 0.1) is 0 Å². The Balaban J connectivity index is 0.883. The van der Waals surface area contributed by atoms with E-state index < -0.39 is 42.4 Å². The number of thioether (sulfide) groups is 1. The second-order valence-corrected chi connectivity index (χ2v) is 19.4. The van der Waals surface area contributed by atoms with Gasteiger partial charge in [-0.05, 0) is 51.4 Å². The molecule has 0 spiro atoms. The molecule has 0 aromatic carbocycles. The zero-order valence-corrected chi connectivity index (χ0v) is 34.5. The van der Waals surface area contributed by atoms with Gasteiger partial charge >= 0.3 is 29.5 Å². The lowest BCUT2D eigenvalue weighted by atomic mass is 10.0. The molecular weight excluding hydrogens is 835 g/mol. The number of hydrogen-bond donors (Lipinski definition) is 9. The van der Waals surface area contributed by atoms with Gasteiger partial charge in [0.15, 0.2) is 11.9 Å². The van der Waals surface area contributed by atoms with Gasteiger partial charge in [0.2, 0.25) is 11.8 Å². The molecule has 3 aliphatic heterocycles. The van der Waals surface area contributed by atoms with Crippen LogP contribution in [0.2, 0.25) is 0 Å². The zero-order chi connectivity index (χ0) is 41.1. The van der Waals surface area contributed by atoms with E-state index in [-0.39, 0.29) is 29.9 Å². The van der Waals surface area contributed by atoms with Crippen molar-refractivity contribution in [3.8, 4) is 0 Å². The second-order valence-electron chi connectivity index (χ2n) is 13.7. The predicted molar refractivity (Wildman–Crippen MR) is 204 cm³/mol. The number of carbonyl (C=O) groups is 3.